The Kier molecular flexibility index (Phi) is 6.38. The van der Waals surface area contributed by atoms with Gasteiger partial charge < -0.3 is 4.79 Å². The van der Waals surface area contributed by atoms with Gasteiger partial charge in [0.1, 0.15) is 6.29 Å². The summed E-state index contributed by atoms with van der Waals surface area (Å²) >= 11 is 1.55. The van der Waals surface area contributed by atoms with Gasteiger partial charge in [0.2, 0.25) is 0 Å². The van der Waals surface area contributed by atoms with Gasteiger partial charge in [0.15, 0.2) is 0 Å². The highest BCUT2D eigenvalue weighted by molar-refractivity contribution is 8.01. The van der Waals surface area contributed by atoms with Crippen LogP contribution in [0.3, 0.4) is 0 Å². The first-order chi connectivity index (χ1) is 7.38. The van der Waals surface area contributed by atoms with E-state index < -0.39 is 5.54 Å². The van der Waals surface area contributed by atoms with E-state index in [9.17, 15) is 4.79 Å². The van der Waals surface area contributed by atoms with Crippen molar-refractivity contribution in [2.45, 2.75) is 33.2 Å². The van der Waals surface area contributed by atoms with Crippen LogP contribution in [-0.2, 0) is 4.79 Å². The van der Waals surface area contributed by atoms with Gasteiger partial charge in [0, 0.05) is 11.4 Å². The van der Waals surface area contributed by atoms with Crippen molar-refractivity contribution in [3.05, 3.63) is 35.8 Å². The molecular formula is C13H21NOS. The Morgan fingerprint density at radius 3 is 2.38 bits per heavy atom. The lowest BCUT2D eigenvalue weighted by molar-refractivity contribution is -0.114. The predicted octanol–water partition coefficient (Wildman–Crippen LogP) is 3.58. The van der Waals surface area contributed by atoms with Crippen LogP contribution in [0, 0.1) is 0 Å². The summed E-state index contributed by atoms with van der Waals surface area (Å²) in [7, 11) is 0. The minimum absolute atomic E-state index is 0.477. The predicted molar refractivity (Wildman–Crippen MR) is 73.2 cm³/mol. The Morgan fingerprint density at radius 1 is 1.50 bits per heavy atom. The molecule has 0 rings (SSSR count). The number of aldehydes is 1. The molecule has 0 spiro atoms. The molecule has 0 aromatic carbocycles. The molecule has 3 heteroatoms. The van der Waals surface area contributed by atoms with Gasteiger partial charge in [0.05, 0.1) is 5.54 Å². The van der Waals surface area contributed by atoms with E-state index in [0.29, 0.717) is 0 Å². The van der Waals surface area contributed by atoms with E-state index in [1.165, 1.54) is 0 Å². The van der Waals surface area contributed by atoms with Crippen molar-refractivity contribution in [1.29, 1.82) is 0 Å². The maximum Gasteiger partial charge on any atom is 0.140 e. The van der Waals surface area contributed by atoms with Crippen molar-refractivity contribution < 1.29 is 4.79 Å². The normalized spacial score (nSPS) is 12.7. The van der Waals surface area contributed by atoms with Gasteiger partial charge in [-0.05, 0) is 44.4 Å². The molecule has 0 saturated carbocycles. The van der Waals surface area contributed by atoms with Crippen LogP contribution in [0.15, 0.2) is 35.8 Å². The zero-order valence-electron chi connectivity index (χ0n) is 10.6. The first-order valence-electron chi connectivity index (χ1n) is 5.29. The third kappa shape index (κ3) is 4.37. The molecule has 16 heavy (non-hydrogen) atoms. The van der Waals surface area contributed by atoms with Crippen molar-refractivity contribution in [2.75, 3.05) is 6.54 Å². The zero-order valence-corrected chi connectivity index (χ0v) is 11.4. The van der Waals surface area contributed by atoms with Crippen LogP contribution in [-0.4, -0.2) is 22.7 Å². The molecule has 0 heterocycles. The Labute approximate surface area is 103 Å². The second-order valence-corrected chi connectivity index (χ2v) is 5.17. The molecule has 0 saturated heterocycles. The van der Waals surface area contributed by atoms with Crippen LogP contribution < -0.4 is 0 Å². The van der Waals surface area contributed by atoms with Crippen molar-refractivity contribution in [3.63, 3.8) is 0 Å². The largest absolute Gasteiger partial charge is 0.301 e. The summed E-state index contributed by atoms with van der Waals surface area (Å²) in [5.41, 5.74) is 0.500. The summed E-state index contributed by atoms with van der Waals surface area (Å²) in [6, 6.07) is 0. The molecule has 0 radical (unpaired) electrons. The van der Waals surface area contributed by atoms with Gasteiger partial charge in [-0.15, -0.1) is 0 Å². The molecule has 0 aliphatic carbocycles. The Morgan fingerprint density at radius 2 is 2.06 bits per heavy atom. The number of allylic oxidation sites excluding steroid dienone is 3. The van der Waals surface area contributed by atoms with Crippen LogP contribution in [0.2, 0.25) is 0 Å². The number of nitrogens with zero attached hydrogens (tertiary/aromatic N) is 1. The molecule has 0 aliphatic heterocycles. The second-order valence-electron chi connectivity index (χ2n) is 4.10. The molecule has 0 aliphatic rings. The van der Waals surface area contributed by atoms with Gasteiger partial charge in [-0.2, -0.15) is 0 Å². The molecule has 0 unspecified atom stereocenters. The molecule has 0 atom stereocenters. The van der Waals surface area contributed by atoms with Crippen molar-refractivity contribution in [2.24, 2.45) is 0 Å². The fourth-order valence-corrected chi connectivity index (χ4v) is 2.08. The van der Waals surface area contributed by atoms with Gasteiger partial charge in [-0.1, -0.05) is 26.2 Å². The highest BCUT2D eigenvalue weighted by atomic mass is 32.2. The van der Waals surface area contributed by atoms with E-state index >= 15 is 0 Å². The lowest BCUT2D eigenvalue weighted by atomic mass is 10.1. The first kappa shape index (κ1) is 15.2. The highest BCUT2D eigenvalue weighted by Crippen LogP contribution is 2.31. The Balaban J connectivity index is 4.89. The smallest absolute Gasteiger partial charge is 0.140 e. The van der Waals surface area contributed by atoms with Gasteiger partial charge in [-0.25, -0.2) is 4.31 Å². The first-order valence-corrected chi connectivity index (χ1v) is 6.07. The SMILES string of the molecule is C=C/C=C(/SN(CC)C(C)(C)C=O)C(=C)C. The second kappa shape index (κ2) is 6.71. The number of carbonyl (C=O) groups excluding carboxylic acids is 1. The molecule has 0 N–H and O–H groups in total. The minimum atomic E-state index is -0.477. The molecule has 0 fully saturated rings. The topological polar surface area (TPSA) is 20.3 Å². The maximum absolute atomic E-state index is 11.0. The monoisotopic (exact) mass is 239 g/mol. The Bertz CT molecular complexity index is 305. The summed E-state index contributed by atoms with van der Waals surface area (Å²) in [5.74, 6) is 0. The van der Waals surface area contributed by atoms with E-state index in [1.54, 1.807) is 18.0 Å². The average Bonchev–Trinajstić information content (AvgIpc) is 2.23. The van der Waals surface area contributed by atoms with E-state index in [-0.39, 0.29) is 0 Å². The number of carbonyl (C=O) groups is 1. The third-order valence-corrected chi connectivity index (χ3v) is 3.75. The lowest BCUT2D eigenvalue weighted by Crippen LogP contribution is -2.40. The zero-order chi connectivity index (χ0) is 12.8. The van der Waals surface area contributed by atoms with Gasteiger partial charge in [-0.3, -0.25) is 0 Å². The lowest BCUT2D eigenvalue weighted by Gasteiger charge is -2.32. The Hall–Kier alpha value is -0.800. The number of rotatable bonds is 7. The standard InChI is InChI=1S/C13H21NOS/c1-7-9-12(11(3)4)16-14(8-2)13(5,6)10-15/h7,9-10H,1,3,8H2,2,4-6H3/b12-9+. The number of hydrogen-bond donors (Lipinski definition) is 0. The molecule has 0 bridgehead atoms. The summed E-state index contributed by atoms with van der Waals surface area (Å²) in [4.78, 5) is 12.1. The molecule has 90 valence electrons. The molecular weight excluding hydrogens is 218 g/mol. The van der Waals surface area contributed by atoms with E-state index in [0.717, 1.165) is 23.3 Å². The van der Waals surface area contributed by atoms with E-state index in [1.807, 2.05) is 38.1 Å². The molecule has 0 amide bonds. The molecule has 2 nitrogen and oxygen atoms in total. The summed E-state index contributed by atoms with van der Waals surface area (Å²) in [6.07, 6.45) is 4.61. The fraction of sp³-hybridized carbons (Fsp3) is 0.462. The minimum Gasteiger partial charge on any atom is -0.301 e. The number of likely N-dealkylation sites (N-methyl/N-ethyl adjacent to an activating group) is 1. The molecule has 0 aromatic heterocycles. The maximum atomic E-state index is 11.0. The van der Waals surface area contributed by atoms with Crippen molar-refractivity contribution >= 4 is 18.2 Å². The van der Waals surface area contributed by atoms with Crippen molar-refractivity contribution in [3.8, 4) is 0 Å². The highest BCUT2D eigenvalue weighted by Gasteiger charge is 2.26. The van der Waals surface area contributed by atoms with Crippen LogP contribution >= 0.6 is 11.9 Å². The van der Waals surface area contributed by atoms with Crippen LogP contribution in [0.5, 0.6) is 0 Å². The quantitative estimate of drug-likeness (QED) is 0.385. The van der Waals surface area contributed by atoms with Gasteiger partial charge >= 0.3 is 0 Å². The van der Waals surface area contributed by atoms with E-state index in [4.69, 9.17) is 0 Å². The van der Waals surface area contributed by atoms with Crippen molar-refractivity contribution in [1.82, 2.24) is 4.31 Å². The van der Waals surface area contributed by atoms with Gasteiger partial charge in [0.25, 0.3) is 0 Å². The van der Waals surface area contributed by atoms with Crippen LogP contribution in [0.25, 0.3) is 0 Å². The summed E-state index contributed by atoms with van der Waals surface area (Å²) < 4.78 is 2.03. The molecule has 0 aromatic rings. The summed E-state index contributed by atoms with van der Waals surface area (Å²) in [6.45, 7) is 16.2. The van der Waals surface area contributed by atoms with E-state index in [2.05, 4.69) is 13.2 Å². The fourth-order valence-electron chi connectivity index (χ4n) is 1.12. The third-order valence-electron chi connectivity index (χ3n) is 2.12. The summed E-state index contributed by atoms with van der Waals surface area (Å²) in [5, 5.41) is 0. The average molecular weight is 239 g/mol. The van der Waals surface area contributed by atoms with Crippen LogP contribution in [0.4, 0.5) is 0 Å². The number of hydrogen-bond acceptors (Lipinski definition) is 3. The van der Waals surface area contributed by atoms with Crippen LogP contribution in [0.1, 0.15) is 27.7 Å².